The first-order valence-corrected chi connectivity index (χ1v) is 10.6. The van der Waals surface area contributed by atoms with Crippen LogP contribution in [0.25, 0.3) is 0 Å². The summed E-state index contributed by atoms with van der Waals surface area (Å²) in [5.41, 5.74) is 1.42. The Bertz CT molecular complexity index is 661. The molecule has 2 rings (SSSR count). The molecule has 0 unspecified atom stereocenters. The predicted molar refractivity (Wildman–Crippen MR) is 87.2 cm³/mol. The lowest BCUT2D eigenvalue weighted by Gasteiger charge is -2.11. The lowest BCUT2D eigenvalue weighted by atomic mass is 10.2. The molecule has 7 heteroatoms. The van der Waals surface area contributed by atoms with Crippen LogP contribution in [-0.4, -0.2) is 15.1 Å². The van der Waals surface area contributed by atoms with Gasteiger partial charge in [-0.25, -0.2) is 0 Å². The number of phenols is 2. The molecule has 0 heterocycles. The monoisotopic (exact) mass is 342 g/mol. The highest BCUT2D eigenvalue weighted by Crippen LogP contribution is 2.70. The highest BCUT2D eigenvalue weighted by molar-refractivity contribution is 8.89. The van der Waals surface area contributed by atoms with Gasteiger partial charge in [0.25, 0.3) is 0 Å². The van der Waals surface area contributed by atoms with Crippen LogP contribution in [0.3, 0.4) is 0 Å². The van der Waals surface area contributed by atoms with Crippen molar-refractivity contribution in [3.05, 3.63) is 47.5 Å². The minimum absolute atomic E-state index is 0.0954. The molecular formula is C14H15O4PS2. The van der Waals surface area contributed by atoms with E-state index in [0.29, 0.717) is 20.9 Å². The zero-order valence-electron chi connectivity index (χ0n) is 11.5. The predicted octanol–water partition coefficient (Wildman–Crippen LogP) is 4.70. The molecule has 3 N–H and O–H groups in total. The summed E-state index contributed by atoms with van der Waals surface area (Å²) in [4.78, 5) is 11.1. The summed E-state index contributed by atoms with van der Waals surface area (Å²) in [5, 5.41) is 19.3. The van der Waals surface area contributed by atoms with Gasteiger partial charge in [-0.15, -0.1) is 0 Å². The second-order valence-electron chi connectivity index (χ2n) is 4.55. The summed E-state index contributed by atoms with van der Waals surface area (Å²) in [6, 6.07) is 9.71. The second kappa shape index (κ2) is 6.36. The largest absolute Gasteiger partial charge is 0.508 e. The van der Waals surface area contributed by atoms with Crippen LogP contribution in [0, 0.1) is 13.8 Å². The van der Waals surface area contributed by atoms with Gasteiger partial charge < -0.3 is 15.1 Å². The highest BCUT2D eigenvalue weighted by Gasteiger charge is 2.23. The number of aromatic hydroxyl groups is 2. The molecule has 0 aliphatic heterocycles. The summed E-state index contributed by atoms with van der Waals surface area (Å²) in [7, 11) is 0. The maximum Gasteiger partial charge on any atom is 0.319 e. The van der Waals surface area contributed by atoms with E-state index in [1.54, 1.807) is 38.1 Å². The molecule has 0 spiro atoms. The molecule has 0 saturated heterocycles. The Labute approximate surface area is 131 Å². The number of phenolic OH excluding ortho intramolecular Hbond substituents is 2. The van der Waals surface area contributed by atoms with E-state index in [-0.39, 0.29) is 11.5 Å². The van der Waals surface area contributed by atoms with E-state index in [2.05, 4.69) is 0 Å². The van der Waals surface area contributed by atoms with Crippen molar-refractivity contribution in [1.82, 2.24) is 0 Å². The molecule has 21 heavy (non-hydrogen) atoms. The molecule has 0 saturated carbocycles. The second-order valence-corrected chi connectivity index (χ2v) is 11.6. The number of hydrogen-bond donors (Lipinski definition) is 3. The van der Waals surface area contributed by atoms with Crippen molar-refractivity contribution >= 4 is 28.5 Å². The van der Waals surface area contributed by atoms with Crippen molar-refractivity contribution in [1.29, 1.82) is 0 Å². The average Bonchev–Trinajstić information content (AvgIpc) is 2.37. The van der Waals surface area contributed by atoms with E-state index in [0.717, 1.165) is 22.8 Å². The summed E-state index contributed by atoms with van der Waals surface area (Å²) in [6.45, 7) is 3.51. The molecular weight excluding hydrogens is 327 g/mol. The van der Waals surface area contributed by atoms with Gasteiger partial charge in [0.2, 0.25) is 0 Å². The highest BCUT2D eigenvalue weighted by atomic mass is 33.1. The van der Waals surface area contributed by atoms with Crippen LogP contribution in [0.2, 0.25) is 0 Å². The lowest BCUT2D eigenvalue weighted by molar-refractivity contribution is 0.469. The average molecular weight is 342 g/mol. The lowest BCUT2D eigenvalue weighted by Crippen LogP contribution is -1.78. The fraction of sp³-hybridized carbons (Fsp3) is 0.143. The van der Waals surface area contributed by atoms with Gasteiger partial charge in [0.05, 0.1) is 0 Å². The van der Waals surface area contributed by atoms with Gasteiger partial charge in [-0.1, -0.05) is 12.1 Å². The maximum absolute atomic E-state index is 12.3. The standard InChI is InChI=1S/C14H15O4PS2/c1-9-3-5-11(7-13(9)15)20-19(17,18)21-12-6-4-10(2)14(16)8-12/h3-8,15-16H,1-2H3,(H,17,18). The summed E-state index contributed by atoms with van der Waals surface area (Å²) < 4.78 is 12.3. The Balaban J connectivity index is 2.15. The number of hydrogen-bond acceptors (Lipinski definition) is 5. The van der Waals surface area contributed by atoms with Gasteiger partial charge in [-0.05, 0) is 72.0 Å². The van der Waals surface area contributed by atoms with Crippen molar-refractivity contribution in [2.45, 2.75) is 23.6 Å². The third-order valence-corrected chi connectivity index (χ3v) is 8.18. The van der Waals surface area contributed by atoms with Gasteiger partial charge >= 0.3 is 5.77 Å². The molecule has 2 aromatic carbocycles. The molecule has 0 bridgehead atoms. The molecule has 0 aliphatic carbocycles. The Hall–Kier alpha value is -1.07. The molecule has 0 atom stereocenters. The number of rotatable bonds is 4. The third kappa shape index (κ3) is 4.45. The topological polar surface area (TPSA) is 77.8 Å². The molecule has 112 valence electrons. The third-order valence-electron chi connectivity index (χ3n) is 2.80. The first-order valence-electron chi connectivity index (χ1n) is 6.08. The smallest absolute Gasteiger partial charge is 0.319 e. The van der Waals surface area contributed by atoms with E-state index >= 15 is 0 Å². The van der Waals surface area contributed by atoms with Crippen LogP contribution in [0.1, 0.15) is 11.1 Å². The first kappa shape index (κ1) is 16.3. The zero-order chi connectivity index (χ0) is 15.6. The molecule has 0 amide bonds. The van der Waals surface area contributed by atoms with E-state index in [9.17, 15) is 19.7 Å². The van der Waals surface area contributed by atoms with E-state index in [4.69, 9.17) is 0 Å². The van der Waals surface area contributed by atoms with Crippen LogP contribution >= 0.6 is 28.5 Å². The molecule has 4 nitrogen and oxygen atoms in total. The van der Waals surface area contributed by atoms with Crippen LogP contribution in [0.5, 0.6) is 11.5 Å². The Morgan fingerprint density at radius 2 is 1.24 bits per heavy atom. The van der Waals surface area contributed by atoms with Gasteiger partial charge in [-0.2, -0.15) is 0 Å². The molecule has 0 fully saturated rings. The first-order chi connectivity index (χ1) is 9.77. The van der Waals surface area contributed by atoms with Crippen molar-refractivity contribution in [2.24, 2.45) is 0 Å². The van der Waals surface area contributed by atoms with Crippen molar-refractivity contribution in [3.8, 4) is 11.5 Å². The van der Waals surface area contributed by atoms with Crippen molar-refractivity contribution in [2.75, 3.05) is 0 Å². The normalized spacial score (nSPS) is 11.6. The van der Waals surface area contributed by atoms with Gasteiger partial charge in [0.1, 0.15) is 11.5 Å². The minimum atomic E-state index is -3.60. The summed E-state index contributed by atoms with van der Waals surface area (Å²) in [5.74, 6) is -3.40. The van der Waals surface area contributed by atoms with Crippen LogP contribution < -0.4 is 0 Å². The van der Waals surface area contributed by atoms with Gasteiger partial charge in [0, 0.05) is 9.79 Å². The van der Waals surface area contributed by atoms with Crippen molar-refractivity contribution in [3.63, 3.8) is 0 Å². The van der Waals surface area contributed by atoms with Crippen molar-refractivity contribution < 1.29 is 19.7 Å². The Morgan fingerprint density at radius 1 is 0.857 bits per heavy atom. The van der Waals surface area contributed by atoms with Crippen LogP contribution in [-0.2, 0) is 4.57 Å². The van der Waals surface area contributed by atoms with E-state index in [1.807, 2.05) is 0 Å². The Kier molecular flexibility index (Phi) is 4.94. The summed E-state index contributed by atoms with van der Waals surface area (Å²) in [6.07, 6.45) is 0. The maximum atomic E-state index is 12.3. The molecule has 0 aliphatic rings. The molecule has 0 radical (unpaired) electrons. The fourth-order valence-electron chi connectivity index (χ4n) is 1.58. The number of benzene rings is 2. The minimum Gasteiger partial charge on any atom is -0.508 e. The zero-order valence-corrected chi connectivity index (χ0v) is 14.0. The fourth-order valence-corrected chi connectivity index (χ4v) is 7.01. The summed E-state index contributed by atoms with van der Waals surface area (Å²) >= 11 is 1.61. The van der Waals surface area contributed by atoms with E-state index in [1.165, 1.54) is 12.1 Å². The Morgan fingerprint density at radius 3 is 1.57 bits per heavy atom. The quantitative estimate of drug-likeness (QED) is 0.699. The van der Waals surface area contributed by atoms with Crippen LogP contribution in [0.15, 0.2) is 46.2 Å². The SMILES string of the molecule is Cc1ccc(SP(=O)(O)Sc2ccc(C)c(O)c2)cc1O. The van der Waals surface area contributed by atoms with Crippen LogP contribution in [0.4, 0.5) is 0 Å². The van der Waals surface area contributed by atoms with Gasteiger partial charge in [0.15, 0.2) is 0 Å². The van der Waals surface area contributed by atoms with Gasteiger partial charge in [-0.3, -0.25) is 4.57 Å². The number of aryl methyl sites for hydroxylation is 2. The molecule has 0 aromatic heterocycles. The molecule has 2 aromatic rings. The van der Waals surface area contributed by atoms with E-state index < -0.39 is 5.77 Å².